The van der Waals surface area contributed by atoms with E-state index in [-0.39, 0.29) is 33.6 Å². The zero-order chi connectivity index (χ0) is 26.2. The predicted molar refractivity (Wildman–Crippen MR) is 145 cm³/mol. The average Bonchev–Trinajstić information content (AvgIpc) is 3.14. The molecular weight excluding hydrogens is 513 g/mol. The summed E-state index contributed by atoms with van der Waals surface area (Å²) in [6.45, 7) is 0.136. The second kappa shape index (κ2) is 9.69. The van der Waals surface area contributed by atoms with Crippen LogP contribution in [0.2, 0.25) is 0 Å². The number of primary sulfonamides is 1. The number of benzene rings is 4. The second-order valence-corrected chi connectivity index (χ2v) is 10.2. The number of nitrogens with two attached hydrogens (primary N) is 1. The quantitative estimate of drug-likeness (QED) is 0.265. The van der Waals surface area contributed by atoms with Crippen LogP contribution in [0.4, 0.5) is 15.8 Å². The number of halogens is 1. The molecule has 1 aliphatic rings. The van der Waals surface area contributed by atoms with Crippen molar-refractivity contribution in [1.29, 1.82) is 0 Å². The van der Waals surface area contributed by atoms with Crippen molar-refractivity contribution in [3.63, 3.8) is 0 Å². The summed E-state index contributed by atoms with van der Waals surface area (Å²) in [6.07, 6.45) is 0. The van der Waals surface area contributed by atoms with E-state index in [1.165, 1.54) is 35.2 Å². The van der Waals surface area contributed by atoms with E-state index in [9.17, 15) is 17.6 Å². The number of carbonyl (C=O) groups excluding carboxylic acids is 1. The molecule has 0 spiro atoms. The molecule has 0 aromatic heterocycles. The summed E-state index contributed by atoms with van der Waals surface area (Å²) in [6, 6.07) is 23.8. The number of nitrogens with one attached hydrogen (secondary N) is 2. The third-order valence-corrected chi connectivity index (χ3v) is 7.04. The summed E-state index contributed by atoms with van der Waals surface area (Å²) in [7, 11) is -4.00. The third-order valence-electron chi connectivity index (χ3n) is 5.88. The minimum Gasteiger partial charge on any atom is -0.330 e. The summed E-state index contributed by atoms with van der Waals surface area (Å²) in [5, 5.41) is 14.0. The van der Waals surface area contributed by atoms with Crippen LogP contribution in [0.5, 0.6) is 0 Å². The highest BCUT2D eigenvalue weighted by molar-refractivity contribution is 7.89. The first-order valence-corrected chi connectivity index (χ1v) is 13.0. The standard InChI is InChI=1S/C26H20FN5O3S2/c27-20-12-6-11-19-23(30-31-26(36)29-21-13-3-4-14-22(21)37(28,34)35)25(33)32(24(19)20)15-17-9-5-8-16-7-1-2-10-18(16)17/h1-14H,15H2,(H2,28,34,35)(H2,29,31,36). The number of fused-ring (bicyclic) bond motifs is 2. The summed E-state index contributed by atoms with van der Waals surface area (Å²) in [5.74, 6) is -1.06. The Labute approximate surface area is 217 Å². The fourth-order valence-corrected chi connectivity index (χ4v) is 5.11. The van der Waals surface area contributed by atoms with Crippen LogP contribution in [0.15, 0.2) is 94.9 Å². The van der Waals surface area contributed by atoms with Crippen molar-refractivity contribution in [2.24, 2.45) is 10.2 Å². The minimum absolute atomic E-state index is 0.0291. The van der Waals surface area contributed by atoms with E-state index in [0.29, 0.717) is 5.56 Å². The molecule has 4 N–H and O–H groups in total. The molecule has 5 rings (SSSR count). The SMILES string of the molecule is NS(=O)(=O)c1ccccc1NC(=S)NN=C1C(=O)N(Cc2cccc3ccccc23)c2c(F)cccc21. The Morgan fingerprint density at radius 3 is 2.49 bits per heavy atom. The largest absolute Gasteiger partial charge is 0.330 e. The molecule has 186 valence electrons. The van der Waals surface area contributed by atoms with Gasteiger partial charge in [-0.25, -0.2) is 17.9 Å². The predicted octanol–water partition coefficient (Wildman–Crippen LogP) is 3.86. The van der Waals surface area contributed by atoms with Gasteiger partial charge in [-0.15, -0.1) is 0 Å². The van der Waals surface area contributed by atoms with Crippen molar-refractivity contribution in [3.05, 3.63) is 102 Å². The summed E-state index contributed by atoms with van der Waals surface area (Å²) in [5.41, 5.74) is 3.96. The van der Waals surface area contributed by atoms with Crippen LogP contribution in [0.25, 0.3) is 10.8 Å². The van der Waals surface area contributed by atoms with Crippen molar-refractivity contribution >= 4 is 61.1 Å². The Balaban J connectivity index is 1.44. The topological polar surface area (TPSA) is 117 Å². The van der Waals surface area contributed by atoms with E-state index in [1.807, 2.05) is 42.5 Å². The van der Waals surface area contributed by atoms with Gasteiger partial charge in [0.15, 0.2) is 10.8 Å². The normalized spacial score (nSPS) is 14.2. The number of anilines is 2. The van der Waals surface area contributed by atoms with E-state index in [2.05, 4.69) is 15.8 Å². The molecule has 4 aromatic rings. The molecule has 37 heavy (non-hydrogen) atoms. The Morgan fingerprint density at radius 2 is 1.68 bits per heavy atom. The zero-order valence-corrected chi connectivity index (χ0v) is 20.8. The number of sulfonamides is 1. The fourth-order valence-electron chi connectivity index (χ4n) is 4.26. The lowest BCUT2D eigenvalue weighted by atomic mass is 10.0. The maximum absolute atomic E-state index is 15.0. The number of para-hydroxylation sites is 2. The van der Waals surface area contributed by atoms with Gasteiger partial charge in [0.1, 0.15) is 10.7 Å². The Hall–Kier alpha value is -4.19. The molecule has 0 bridgehead atoms. The third kappa shape index (κ3) is 4.79. The van der Waals surface area contributed by atoms with Gasteiger partial charge in [0.05, 0.1) is 17.9 Å². The summed E-state index contributed by atoms with van der Waals surface area (Å²) < 4.78 is 38.7. The Morgan fingerprint density at radius 1 is 0.973 bits per heavy atom. The number of rotatable bonds is 5. The van der Waals surface area contributed by atoms with E-state index in [0.717, 1.165) is 16.3 Å². The van der Waals surface area contributed by atoms with Gasteiger partial charge in [-0.1, -0.05) is 66.7 Å². The van der Waals surface area contributed by atoms with Crippen molar-refractivity contribution in [1.82, 2.24) is 5.43 Å². The Kier molecular flexibility index (Phi) is 6.42. The number of amides is 1. The maximum atomic E-state index is 15.0. The molecular formula is C26H20FN5O3S2. The molecule has 1 heterocycles. The monoisotopic (exact) mass is 533 g/mol. The first kappa shape index (κ1) is 24.5. The number of nitrogens with zero attached hydrogens (tertiary/aromatic N) is 2. The van der Waals surface area contributed by atoms with E-state index < -0.39 is 21.7 Å². The van der Waals surface area contributed by atoms with E-state index >= 15 is 0 Å². The summed E-state index contributed by atoms with van der Waals surface area (Å²) in [4.78, 5) is 14.6. The van der Waals surface area contributed by atoms with Crippen LogP contribution in [-0.4, -0.2) is 25.1 Å². The molecule has 0 saturated heterocycles. The van der Waals surface area contributed by atoms with Gasteiger partial charge in [-0.3, -0.25) is 15.1 Å². The molecule has 0 aliphatic carbocycles. The van der Waals surface area contributed by atoms with Gasteiger partial charge in [-0.2, -0.15) is 5.10 Å². The van der Waals surface area contributed by atoms with Gasteiger partial charge in [-0.05, 0) is 46.8 Å². The van der Waals surface area contributed by atoms with Crippen LogP contribution >= 0.6 is 12.2 Å². The number of thiocarbonyl (C=S) groups is 1. The first-order chi connectivity index (χ1) is 17.7. The van der Waals surface area contributed by atoms with Crippen molar-refractivity contribution in [2.45, 2.75) is 11.4 Å². The molecule has 1 aliphatic heterocycles. The van der Waals surface area contributed by atoms with Crippen LogP contribution in [0, 0.1) is 5.82 Å². The lowest BCUT2D eigenvalue weighted by Gasteiger charge is -2.18. The van der Waals surface area contributed by atoms with Gasteiger partial charge >= 0.3 is 0 Å². The lowest BCUT2D eigenvalue weighted by molar-refractivity contribution is -0.112. The Bertz CT molecular complexity index is 1700. The lowest BCUT2D eigenvalue weighted by Crippen LogP contribution is -2.32. The highest BCUT2D eigenvalue weighted by Crippen LogP contribution is 2.34. The van der Waals surface area contributed by atoms with Crippen LogP contribution < -0.4 is 20.8 Å². The van der Waals surface area contributed by atoms with Crippen molar-refractivity contribution in [3.8, 4) is 0 Å². The van der Waals surface area contributed by atoms with Gasteiger partial charge in [0.2, 0.25) is 10.0 Å². The zero-order valence-electron chi connectivity index (χ0n) is 19.2. The van der Waals surface area contributed by atoms with Crippen molar-refractivity contribution < 1.29 is 17.6 Å². The fraction of sp³-hybridized carbons (Fsp3) is 0.0385. The molecule has 8 nitrogen and oxygen atoms in total. The molecule has 1 amide bonds. The number of carbonyl (C=O) groups is 1. The maximum Gasteiger partial charge on any atom is 0.279 e. The second-order valence-electron chi connectivity index (χ2n) is 8.23. The van der Waals surface area contributed by atoms with E-state index in [4.69, 9.17) is 17.4 Å². The molecule has 0 radical (unpaired) electrons. The highest BCUT2D eigenvalue weighted by atomic mass is 32.2. The first-order valence-electron chi connectivity index (χ1n) is 11.1. The smallest absolute Gasteiger partial charge is 0.279 e. The van der Waals surface area contributed by atoms with E-state index in [1.54, 1.807) is 12.1 Å². The van der Waals surface area contributed by atoms with Crippen LogP contribution in [-0.2, 0) is 21.4 Å². The minimum atomic E-state index is -4.00. The molecule has 0 saturated carbocycles. The van der Waals surface area contributed by atoms with Gasteiger partial charge in [0, 0.05) is 5.56 Å². The van der Waals surface area contributed by atoms with Crippen molar-refractivity contribution in [2.75, 3.05) is 10.2 Å². The number of hydrogen-bond acceptors (Lipinski definition) is 5. The van der Waals surface area contributed by atoms with Crippen LogP contribution in [0.3, 0.4) is 0 Å². The average molecular weight is 534 g/mol. The van der Waals surface area contributed by atoms with Gasteiger partial charge < -0.3 is 5.32 Å². The highest BCUT2D eigenvalue weighted by Gasteiger charge is 2.36. The number of hydrazone groups is 1. The van der Waals surface area contributed by atoms with Gasteiger partial charge in [0.25, 0.3) is 5.91 Å². The number of hydrogen-bond donors (Lipinski definition) is 3. The molecule has 11 heteroatoms. The molecule has 4 aromatic carbocycles. The van der Waals surface area contributed by atoms with Crippen LogP contribution in [0.1, 0.15) is 11.1 Å². The summed E-state index contributed by atoms with van der Waals surface area (Å²) >= 11 is 5.24. The molecule has 0 atom stereocenters. The molecule has 0 fully saturated rings. The molecule has 0 unspecified atom stereocenters.